The van der Waals surface area contributed by atoms with Crippen LogP contribution in [0.2, 0.25) is 0 Å². The molecule has 10 rings (SSSR count). The summed E-state index contributed by atoms with van der Waals surface area (Å²) < 4.78 is 41.3. The Kier molecular flexibility index (Phi) is 24.9. The topological polar surface area (TPSA) is 574 Å². The van der Waals surface area contributed by atoms with Gasteiger partial charge in [-0.1, -0.05) is 79.7 Å². The van der Waals surface area contributed by atoms with Crippen LogP contribution in [0, 0.1) is 0 Å². The second kappa shape index (κ2) is 33.3. The highest BCUT2D eigenvalue weighted by Gasteiger charge is 2.55. The van der Waals surface area contributed by atoms with Gasteiger partial charge in [0.2, 0.25) is 41.7 Å². The number of guanidine groups is 2. The van der Waals surface area contributed by atoms with Crippen molar-refractivity contribution in [1.82, 2.24) is 42.1 Å². The molecule has 548 valence electrons. The van der Waals surface area contributed by atoms with Crippen LogP contribution in [0.4, 0.5) is 0 Å². The fourth-order valence-corrected chi connectivity index (χ4v) is 12.8. The van der Waals surface area contributed by atoms with Gasteiger partial charge in [0.05, 0.1) is 58.1 Å². The van der Waals surface area contributed by atoms with Crippen molar-refractivity contribution < 1.29 is 123 Å². The molecule has 37 nitrogen and oxygen atoms in total. The van der Waals surface area contributed by atoms with Crippen molar-refractivity contribution in [1.29, 1.82) is 0 Å². The predicted octanol–water partition coefficient (Wildman–Crippen LogP) is -10.6. The molecule has 6 amide bonds. The van der Waals surface area contributed by atoms with Crippen LogP contribution in [-0.2, 0) is 70.0 Å². The molecule has 7 aliphatic rings. The predicted molar refractivity (Wildman–Crippen MR) is 339 cm³/mol. The number of hydrogen-bond donors (Lipinski definition) is 21. The summed E-state index contributed by atoms with van der Waals surface area (Å²) in [6.07, 6.45) is -29.2. The van der Waals surface area contributed by atoms with Crippen molar-refractivity contribution in [2.75, 3.05) is 46.1 Å². The lowest BCUT2D eigenvalue weighted by Gasteiger charge is -2.48. The molecule has 0 saturated carbocycles. The molecule has 0 spiro atoms. The number of aryl methyl sites for hydroxylation is 1. The van der Waals surface area contributed by atoms with E-state index in [4.69, 9.17) is 44.6 Å². The van der Waals surface area contributed by atoms with Crippen LogP contribution in [0.3, 0.4) is 0 Å². The van der Waals surface area contributed by atoms with E-state index in [1.165, 1.54) is 24.3 Å². The first-order chi connectivity index (χ1) is 47.9. The number of aliphatic hydroxyl groups excluding tert-OH is 12. The molecule has 7 heterocycles. The van der Waals surface area contributed by atoms with Gasteiger partial charge in [0.1, 0.15) is 121 Å². The molecule has 0 aromatic heterocycles. The van der Waals surface area contributed by atoms with Crippen LogP contribution in [0.5, 0.6) is 5.75 Å². The fraction of sp³-hybridized carbons (Fsp3) is 0.587. The third-order valence-corrected chi connectivity index (χ3v) is 18.6. The van der Waals surface area contributed by atoms with Crippen molar-refractivity contribution in [3.63, 3.8) is 0 Å². The average molecular weight is 1410 g/mol. The Hall–Kier alpha value is -7.90. The number of nitrogens with one attached hydrogen (secondary N) is 7. The summed E-state index contributed by atoms with van der Waals surface area (Å²) in [6, 6.07) is 10.6. The molecule has 5 fully saturated rings. The Morgan fingerprint density at radius 2 is 1.23 bits per heavy atom. The van der Waals surface area contributed by atoms with Gasteiger partial charge < -0.3 is 148 Å². The summed E-state index contributed by atoms with van der Waals surface area (Å²) in [5, 5.41) is 150. The van der Waals surface area contributed by atoms with E-state index >= 15 is 9.59 Å². The summed E-state index contributed by atoms with van der Waals surface area (Å²) in [5.41, 5.74) is 13.9. The zero-order valence-electron chi connectivity index (χ0n) is 53.8. The molecule has 26 unspecified atom stereocenters. The summed E-state index contributed by atoms with van der Waals surface area (Å²) in [4.78, 5) is 96.5. The molecule has 37 heteroatoms. The maximum absolute atomic E-state index is 15.2. The van der Waals surface area contributed by atoms with Crippen LogP contribution in [0.1, 0.15) is 36.0 Å². The average Bonchev–Trinajstić information content (AvgIpc) is 1.51. The van der Waals surface area contributed by atoms with E-state index in [2.05, 4.69) is 47.2 Å². The van der Waals surface area contributed by atoms with E-state index in [0.717, 1.165) is 10.5 Å². The summed E-state index contributed by atoms with van der Waals surface area (Å²) >= 11 is 0. The van der Waals surface area contributed by atoms with Crippen molar-refractivity contribution in [2.45, 2.75) is 185 Å². The minimum atomic E-state index is -2.34. The maximum Gasteiger partial charge on any atom is 0.246 e. The molecule has 100 heavy (non-hydrogen) atoms. The molecule has 23 N–H and O–H groups in total. The van der Waals surface area contributed by atoms with E-state index in [1.54, 1.807) is 37.3 Å². The Bertz CT molecular complexity index is 3350. The first-order valence-corrected chi connectivity index (χ1v) is 32.5. The molecule has 0 bridgehead atoms. The van der Waals surface area contributed by atoms with Gasteiger partial charge in [-0.3, -0.25) is 38.8 Å². The highest BCUT2D eigenvalue weighted by molar-refractivity contribution is 5.98. The van der Waals surface area contributed by atoms with Crippen molar-refractivity contribution in [3.05, 3.63) is 102 Å². The number of ether oxygens (including phenoxy) is 7. The number of hydrogen-bond acceptors (Lipinski definition) is 31. The van der Waals surface area contributed by atoms with Crippen LogP contribution in [-0.4, -0.2) is 312 Å². The number of nitrogens with zero attached hydrogens (tertiary/aromatic N) is 3. The molecule has 26 atom stereocenters. The second-order valence-corrected chi connectivity index (χ2v) is 25.3. The SMILES string of the molecule is CC(c1ccccc1)C1NC(=O)CNC(=O)C(CO)NC(=O)C(C(O)C2CN=C(N)N2C2OC(CO)C(O)C(O)C2O)NC(=O)C(C(O)C2CN=C(N)N2)NC(=O)C(Cc2ccc(OC3OC(CO)C(OC4OC5COC(CCc6ccccc6)OC5C(O)C4O)C(O)C3O)cc2)NC1=O. The minimum absolute atomic E-state index is 0.0416. The monoisotopic (exact) mass is 1410 g/mol. The van der Waals surface area contributed by atoms with Gasteiger partial charge in [-0.05, 0) is 35.2 Å². The smallest absolute Gasteiger partial charge is 0.246 e. The molecule has 3 aromatic carbocycles. The van der Waals surface area contributed by atoms with E-state index in [-0.39, 0.29) is 30.4 Å². The highest BCUT2D eigenvalue weighted by atomic mass is 16.8. The van der Waals surface area contributed by atoms with Gasteiger partial charge in [-0.2, -0.15) is 0 Å². The van der Waals surface area contributed by atoms with E-state index in [0.29, 0.717) is 18.4 Å². The number of aliphatic imine (C=N–C) groups is 2. The largest absolute Gasteiger partial charge is 0.462 e. The van der Waals surface area contributed by atoms with Gasteiger partial charge in [-0.25, -0.2) is 0 Å². The van der Waals surface area contributed by atoms with Crippen LogP contribution >= 0.6 is 0 Å². The zero-order valence-corrected chi connectivity index (χ0v) is 53.8. The van der Waals surface area contributed by atoms with Gasteiger partial charge in [0.15, 0.2) is 30.7 Å². The third kappa shape index (κ3) is 17.0. The number of amides is 6. The minimum Gasteiger partial charge on any atom is -0.462 e. The van der Waals surface area contributed by atoms with Gasteiger partial charge in [0, 0.05) is 18.8 Å². The Morgan fingerprint density at radius 3 is 1.90 bits per heavy atom. The summed E-state index contributed by atoms with van der Waals surface area (Å²) in [6.45, 7) is -3.13. The van der Waals surface area contributed by atoms with E-state index in [9.17, 15) is 80.5 Å². The van der Waals surface area contributed by atoms with Crippen LogP contribution in [0.15, 0.2) is 94.9 Å². The molecular formula is C63H86N12O25. The summed E-state index contributed by atoms with van der Waals surface area (Å²) in [7, 11) is 0. The highest BCUT2D eigenvalue weighted by Crippen LogP contribution is 2.35. The lowest BCUT2D eigenvalue weighted by atomic mass is 9.92. The molecule has 5 saturated heterocycles. The Labute approximate surface area is 570 Å². The van der Waals surface area contributed by atoms with Crippen LogP contribution in [0.25, 0.3) is 0 Å². The maximum atomic E-state index is 15.2. The lowest BCUT2D eigenvalue weighted by molar-refractivity contribution is -0.381. The number of carbonyl (C=O) groups is 6. The van der Waals surface area contributed by atoms with E-state index in [1.807, 2.05) is 30.3 Å². The number of rotatable bonds is 19. The Balaban J connectivity index is 0.896. The fourth-order valence-electron chi connectivity index (χ4n) is 12.8. The number of nitrogens with two attached hydrogens (primary N) is 2. The molecule has 0 radical (unpaired) electrons. The number of aliphatic hydroxyl groups is 12. The lowest BCUT2D eigenvalue weighted by Crippen LogP contribution is -2.70. The third-order valence-electron chi connectivity index (χ3n) is 18.6. The molecular weight excluding hydrogens is 1320 g/mol. The normalized spacial score (nSPS) is 36.6. The second-order valence-electron chi connectivity index (χ2n) is 25.3. The number of benzene rings is 3. The number of carbonyl (C=O) groups excluding carboxylic acids is 6. The first-order valence-electron chi connectivity index (χ1n) is 32.5. The standard InChI is InChI=1S/C63H86N12O25/c1-26(29-10-6-3-7-11-29)40-56(91)69-31(18-28-12-15-30(16-13-28)95-60-50(87)47(84)52(36(24-78)97-60)100-61-51(88)48(85)53-37(98-61)25-94-39(99-53)17-14-27-8-4-2-5-9-27)55(90)73-41(43(80)32-19-67-62(64)71-32)58(93)74-42(57(92)70-33(22-76)54(89)66-21-38(79)72-40)44(81)34-20-68-63(65)75(34)59-49(86)46(83)45(82)35(23-77)96-59/h2-13,15-16,26,31-37,39-53,59-61,76-78,80-88H,14,17-25H2,1H3,(H2,65,68)(H,66,89)(H,69,91)(H,70,92)(H,72,79)(H,73,90)(H,74,93)(H3,64,67,71). The van der Waals surface area contributed by atoms with Gasteiger partial charge in [0.25, 0.3) is 0 Å². The Morgan fingerprint density at radius 1 is 0.590 bits per heavy atom. The van der Waals surface area contributed by atoms with Crippen molar-refractivity contribution >= 4 is 47.4 Å². The quantitative estimate of drug-likeness (QED) is 0.0530. The van der Waals surface area contributed by atoms with Gasteiger partial charge in [-0.15, -0.1) is 0 Å². The van der Waals surface area contributed by atoms with Crippen molar-refractivity contribution in [2.24, 2.45) is 21.5 Å². The summed E-state index contributed by atoms with van der Waals surface area (Å²) in [5.74, 6) is -8.89. The molecule has 7 aliphatic heterocycles. The number of fused-ring (bicyclic) bond motifs is 1. The molecule has 3 aromatic rings. The van der Waals surface area contributed by atoms with Crippen molar-refractivity contribution in [3.8, 4) is 5.75 Å². The van der Waals surface area contributed by atoms with E-state index < -0.39 is 239 Å². The first kappa shape index (κ1) is 74.8. The molecule has 0 aliphatic carbocycles. The zero-order chi connectivity index (χ0) is 71.8. The van der Waals surface area contributed by atoms with Crippen LogP contribution < -0.4 is 53.4 Å². The van der Waals surface area contributed by atoms with Gasteiger partial charge >= 0.3 is 0 Å².